The van der Waals surface area contributed by atoms with Gasteiger partial charge in [-0.1, -0.05) is 0 Å². The number of aromatic nitrogens is 2. The summed E-state index contributed by atoms with van der Waals surface area (Å²) in [7, 11) is 0. The van der Waals surface area contributed by atoms with Gasteiger partial charge in [0.2, 0.25) is 0 Å². The lowest BCUT2D eigenvalue weighted by atomic mass is 10.2. The molecule has 7 heteroatoms. The Kier molecular flexibility index (Phi) is 4.61. The third-order valence-corrected chi connectivity index (χ3v) is 4.61. The van der Waals surface area contributed by atoms with Crippen LogP contribution in [0.5, 0.6) is 0 Å². The van der Waals surface area contributed by atoms with Crippen LogP contribution in [0.2, 0.25) is 0 Å². The van der Waals surface area contributed by atoms with Crippen molar-refractivity contribution in [2.45, 2.75) is 13.8 Å². The van der Waals surface area contributed by atoms with Gasteiger partial charge >= 0.3 is 0 Å². The minimum absolute atomic E-state index is 0.0266. The minimum atomic E-state index is -0.455. The minimum Gasteiger partial charge on any atom is -0.372 e. The third-order valence-electron chi connectivity index (χ3n) is 3.84. The van der Waals surface area contributed by atoms with Gasteiger partial charge in [0, 0.05) is 42.2 Å². The summed E-state index contributed by atoms with van der Waals surface area (Å²) in [5.74, 6) is -0.455. The van der Waals surface area contributed by atoms with E-state index in [2.05, 4.69) is 29.0 Å². The first-order valence-corrected chi connectivity index (χ1v) is 8.63. The summed E-state index contributed by atoms with van der Waals surface area (Å²) < 4.78 is 1.38. The Morgan fingerprint density at radius 1 is 1.25 bits per heavy atom. The summed E-state index contributed by atoms with van der Waals surface area (Å²) >= 11 is 1.35. The fourth-order valence-corrected chi connectivity index (χ4v) is 3.20. The van der Waals surface area contributed by atoms with E-state index >= 15 is 0 Å². The molecular formula is C17H18N4O2S. The first-order chi connectivity index (χ1) is 11.6. The number of nitrogens with one attached hydrogen (secondary N) is 1. The maximum absolute atomic E-state index is 12.4. The highest BCUT2D eigenvalue weighted by Gasteiger charge is 2.14. The number of benzene rings is 1. The van der Waals surface area contributed by atoms with Gasteiger partial charge in [0.05, 0.1) is 0 Å². The molecule has 0 atom stereocenters. The Morgan fingerprint density at radius 2 is 1.96 bits per heavy atom. The zero-order valence-corrected chi connectivity index (χ0v) is 14.3. The molecule has 1 N–H and O–H groups in total. The maximum Gasteiger partial charge on any atom is 0.271 e. The standard InChI is InChI=1S/C17H18N4O2S/c1-3-20(4-2)13-7-5-12(6-8-13)19-15(22)14-11-18-17-21(16(14)23)9-10-24-17/h5-11H,3-4H2,1-2H3,(H,19,22). The Hall–Kier alpha value is -2.67. The van der Waals surface area contributed by atoms with Gasteiger partial charge in [-0.25, -0.2) is 4.98 Å². The number of hydrogen-bond donors (Lipinski definition) is 1. The molecule has 0 bridgehead atoms. The van der Waals surface area contributed by atoms with Crippen LogP contribution in [0.15, 0.2) is 46.8 Å². The Labute approximate surface area is 143 Å². The van der Waals surface area contributed by atoms with Gasteiger partial charge in [-0.3, -0.25) is 14.0 Å². The molecule has 0 radical (unpaired) electrons. The van der Waals surface area contributed by atoms with Gasteiger partial charge in [0.1, 0.15) is 5.56 Å². The van der Waals surface area contributed by atoms with Crippen LogP contribution in [-0.2, 0) is 0 Å². The molecule has 0 fully saturated rings. The molecule has 0 unspecified atom stereocenters. The molecule has 1 aromatic carbocycles. The van der Waals surface area contributed by atoms with Crippen LogP contribution in [0.1, 0.15) is 24.2 Å². The lowest BCUT2D eigenvalue weighted by Gasteiger charge is -2.21. The smallest absolute Gasteiger partial charge is 0.271 e. The zero-order chi connectivity index (χ0) is 17.1. The molecule has 0 spiro atoms. The van der Waals surface area contributed by atoms with Gasteiger partial charge in [0.15, 0.2) is 4.96 Å². The van der Waals surface area contributed by atoms with E-state index in [1.807, 2.05) is 24.3 Å². The molecule has 2 aromatic heterocycles. The van der Waals surface area contributed by atoms with Crippen LogP contribution in [0, 0.1) is 0 Å². The average molecular weight is 342 g/mol. The van der Waals surface area contributed by atoms with Crippen molar-refractivity contribution in [3.63, 3.8) is 0 Å². The highest BCUT2D eigenvalue weighted by Crippen LogP contribution is 2.18. The van der Waals surface area contributed by atoms with Gasteiger partial charge in [-0.15, -0.1) is 11.3 Å². The van der Waals surface area contributed by atoms with E-state index in [-0.39, 0.29) is 11.1 Å². The van der Waals surface area contributed by atoms with E-state index in [1.165, 1.54) is 21.9 Å². The second-order valence-corrected chi connectivity index (χ2v) is 6.08. The number of anilines is 2. The van der Waals surface area contributed by atoms with Crippen LogP contribution in [0.3, 0.4) is 0 Å². The van der Waals surface area contributed by atoms with E-state index < -0.39 is 5.91 Å². The topological polar surface area (TPSA) is 66.7 Å². The van der Waals surface area contributed by atoms with E-state index in [1.54, 1.807) is 11.6 Å². The van der Waals surface area contributed by atoms with E-state index in [0.717, 1.165) is 18.8 Å². The van der Waals surface area contributed by atoms with Crippen molar-refractivity contribution in [3.05, 3.63) is 58.0 Å². The molecule has 3 rings (SSSR count). The van der Waals surface area contributed by atoms with Gasteiger partial charge in [0.25, 0.3) is 11.5 Å². The number of hydrogen-bond acceptors (Lipinski definition) is 5. The molecule has 3 aromatic rings. The predicted octanol–water partition coefficient (Wildman–Crippen LogP) is 2.85. The van der Waals surface area contributed by atoms with E-state index in [4.69, 9.17) is 0 Å². The van der Waals surface area contributed by atoms with Crippen molar-refractivity contribution < 1.29 is 4.79 Å². The van der Waals surface area contributed by atoms with Crippen LogP contribution < -0.4 is 15.8 Å². The number of rotatable bonds is 5. The van der Waals surface area contributed by atoms with Crippen molar-refractivity contribution in [2.24, 2.45) is 0 Å². The number of amides is 1. The molecule has 0 aliphatic rings. The number of nitrogens with zero attached hydrogens (tertiary/aromatic N) is 3. The Bertz CT molecular complexity index is 910. The maximum atomic E-state index is 12.4. The fraction of sp³-hybridized carbons (Fsp3) is 0.235. The molecular weight excluding hydrogens is 324 g/mol. The normalized spacial score (nSPS) is 10.8. The van der Waals surface area contributed by atoms with Crippen molar-refractivity contribution in [2.75, 3.05) is 23.3 Å². The summed E-state index contributed by atoms with van der Waals surface area (Å²) in [4.78, 5) is 31.6. The molecule has 0 aliphatic heterocycles. The molecule has 2 heterocycles. The van der Waals surface area contributed by atoms with Crippen molar-refractivity contribution >= 4 is 33.6 Å². The largest absolute Gasteiger partial charge is 0.372 e. The molecule has 0 saturated heterocycles. The summed E-state index contributed by atoms with van der Waals surface area (Å²) in [6, 6.07) is 7.57. The molecule has 124 valence electrons. The number of carbonyl (C=O) groups excluding carboxylic acids is 1. The lowest BCUT2D eigenvalue weighted by Crippen LogP contribution is -2.26. The average Bonchev–Trinajstić information content (AvgIpc) is 3.07. The summed E-state index contributed by atoms with van der Waals surface area (Å²) in [5, 5.41) is 4.51. The SMILES string of the molecule is CCN(CC)c1ccc(NC(=O)c2cnc3sccn3c2=O)cc1. The first-order valence-electron chi connectivity index (χ1n) is 7.75. The second kappa shape index (κ2) is 6.84. The van der Waals surface area contributed by atoms with Crippen molar-refractivity contribution in [1.82, 2.24) is 9.38 Å². The second-order valence-electron chi connectivity index (χ2n) is 5.21. The van der Waals surface area contributed by atoms with Crippen LogP contribution in [0.4, 0.5) is 11.4 Å². The summed E-state index contributed by atoms with van der Waals surface area (Å²) in [5.41, 5.74) is 1.40. The number of carbonyl (C=O) groups is 1. The van der Waals surface area contributed by atoms with E-state index in [9.17, 15) is 9.59 Å². The molecule has 24 heavy (non-hydrogen) atoms. The van der Waals surface area contributed by atoms with Crippen LogP contribution in [-0.4, -0.2) is 28.4 Å². The molecule has 1 amide bonds. The van der Waals surface area contributed by atoms with E-state index in [0.29, 0.717) is 10.6 Å². The van der Waals surface area contributed by atoms with Crippen LogP contribution >= 0.6 is 11.3 Å². The number of fused-ring (bicyclic) bond motifs is 1. The Morgan fingerprint density at radius 3 is 2.62 bits per heavy atom. The van der Waals surface area contributed by atoms with Crippen molar-refractivity contribution in [3.8, 4) is 0 Å². The Balaban J connectivity index is 1.81. The zero-order valence-electron chi connectivity index (χ0n) is 13.5. The fourth-order valence-electron chi connectivity index (χ4n) is 2.52. The molecule has 0 saturated carbocycles. The first kappa shape index (κ1) is 16.2. The summed E-state index contributed by atoms with van der Waals surface area (Å²) in [6.07, 6.45) is 2.94. The third kappa shape index (κ3) is 3.03. The quantitative estimate of drug-likeness (QED) is 0.774. The van der Waals surface area contributed by atoms with Gasteiger partial charge < -0.3 is 10.2 Å². The molecule has 0 aliphatic carbocycles. The molecule has 6 nitrogen and oxygen atoms in total. The highest BCUT2D eigenvalue weighted by molar-refractivity contribution is 7.15. The highest BCUT2D eigenvalue weighted by atomic mass is 32.1. The summed E-state index contributed by atoms with van der Waals surface area (Å²) in [6.45, 7) is 6.04. The monoisotopic (exact) mass is 342 g/mol. The predicted molar refractivity (Wildman–Crippen MR) is 97.3 cm³/mol. The number of thiazole rings is 1. The van der Waals surface area contributed by atoms with Crippen molar-refractivity contribution in [1.29, 1.82) is 0 Å². The van der Waals surface area contributed by atoms with Crippen LogP contribution in [0.25, 0.3) is 4.96 Å². The van der Waals surface area contributed by atoms with Gasteiger partial charge in [-0.2, -0.15) is 0 Å². The lowest BCUT2D eigenvalue weighted by molar-refractivity contribution is 0.102. The van der Waals surface area contributed by atoms with Gasteiger partial charge in [-0.05, 0) is 38.1 Å².